The van der Waals surface area contributed by atoms with Crippen LogP contribution in [0, 0.1) is 5.92 Å². The molecule has 0 saturated carbocycles. The first-order chi connectivity index (χ1) is 12.8. The molecule has 2 aromatic rings. The minimum atomic E-state index is -0.782. The van der Waals surface area contributed by atoms with Crippen molar-refractivity contribution in [2.75, 3.05) is 0 Å². The Labute approximate surface area is 172 Å². The smallest absolute Gasteiger partial charge is 0.262 e. The monoisotopic (exact) mass is 425 g/mol. The number of halogens is 3. The fourth-order valence-electron chi connectivity index (χ4n) is 2.21. The summed E-state index contributed by atoms with van der Waals surface area (Å²) in [5.74, 6) is -1.04. The summed E-state index contributed by atoms with van der Waals surface area (Å²) in [6.07, 6.45) is 1.44. The van der Waals surface area contributed by atoms with Crippen molar-refractivity contribution in [1.82, 2.24) is 10.7 Å². The van der Waals surface area contributed by atoms with Gasteiger partial charge in [0.25, 0.3) is 11.8 Å². The minimum Gasteiger partial charge on any atom is -0.340 e. The van der Waals surface area contributed by atoms with Crippen LogP contribution in [-0.2, 0) is 4.79 Å². The molecule has 0 bridgehead atoms. The van der Waals surface area contributed by atoms with E-state index >= 15 is 0 Å². The van der Waals surface area contributed by atoms with E-state index in [0.717, 1.165) is 0 Å². The van der Waals surface area contributed by atoms with Crippen LogP contribution < -0.4 is 10.7 Å². The van der Waals surface area contributed by atoms with E-state index in [4.69, 9.17) is 34.8 Å². The molecule has 0 aromatic heterocycles. The zero-order chi connectivity index (χ0) is 20.0. The third-order valence-corrected chi connectivity index (χ3v) is 4.78. The average Bonchev–Trinajstić information content (AvgIpc) is 2.63. The first-order valence-electron chi connectivity index (χ1n) is 8.13. The third kappa shape index (κ3) is 5.96. The molecule has 2 aromatic carbocycles. The minimum absolute atomic E-state index is 0.160. The number of hydrazone groups is 1. The lowest BCUT2D eigenvalue weighted by molar-refractivity contribution is -0.123. The van der Waals surface area contributed by atoms with Gasteiger partial charge in [-0.05, 0) is 30.2 Å². The summed E-state index contributed by atoms with van der Waals surface area (Å²) < 4.78 is 0. The van der Waals surface area contributed by atoms with E-state index in [0.29, 0.717) is 21.2 Å². The molecule has 142 valence electrons. The van der Waals surface area contributed by atoms with Crippen molar-refractivity contribution in [2.24, 2.45) is 11.0 Å². The van der Waals surface area contributed by atoms with Crippen LogP contribution >= 0.6 is 34.8 Å². The molecule has 2 rings (SSSR count). The van der Waals surface area contributed by atoms with Crippen LogP contribution in [0.2, 0.25) is 15.1 Å². The molecule has 0 aliphatic heterocycles. The molecule has 2 N–H and O–H groups in total. The van der Waals surface area contributed by atoms with E-state index in [1.54, 1.807) is 18.2 Å². The highest BCUT2D eigenvalue weighted by atomic mass is 35.5. The van der Waals surface area contributed by atoms with Crippen LogP contribution in [0.3, 0.4) is 0 Å². The second kappa shape index (κ2) is 9.74. The largest absolute Gasteiger partial charge is 0.340 e. The van der Waals surface area contributed by atoms with Crippen LogP contribution in [0.15, 0.2) is 47.6 Å². The molecule has 0 aliphatic rings. The molecule has 0 radical (unpaired) electrons. The van der Waals surface area contributed by atoms with Crippen molar-refractivity contribution in [3.63, 3.8) is 0 Å². The number of nitrogens with zero attached hydrogens (tertiary/aromatic N) is 1. The molecule has 0 aliphatic carbocycles. The fourth-order valence-corrected chi connectivity index (χ4v) is 2.69. The normalized spacial score (nSPS) is 12.2. The Morgan fingerprint density at radius 1 is 1.00 bits per heavy atom. The van der Waals surface area contributed by atoms with Gasteiger partial charge in [0.2, 0.25) is 0 Å². The number of hydrogen-bond acceptors (Lipinski definition) is 3. The molecule has 5 nitrogen and oxygen atoms in total. The van der Waals surface area contributed by atoms with Crippen molar-refractivity contribution in [1.29, 1.82) is 0 Å². The van der Waals surface area contributed by atoms with E-state index in [9.17, 15) is 9.59 Å². The van der Waals surface area contributed by atoms with E-state index in [1.165, 1.54) is 24.4 Å². The van der Waals surface area contributed by atoms with Crippen LogP contribution in [0.4, 0.5) is 0 Å². The number of nitrogens with one attached hydrogen (secondary N) is 2. The highest BCUT2D eigenvalue weighted by Crippen LogP contribution is 2.22. The Balaban J connectivity index is 2.05. The van der Waals surface area contributed by atoms with Gasteiger partial charge in [0.05, 0.1) is 16.3 Å². The standard InChI is InChI=1S/C19H18Cl3N3O2/c1-11(2)17(24-18(26)12-7-8-15(21)16(22)9-12)19(27)25-23-10-13-5-3-4-6-14(13)20/h3-11,17H,1-2H3,(H,24,26)(H,25,27). The van der Waals surface area contributed by atoms with Gasteiger partial charge in [0.15, 0.2) is 0 Å². The van der Waals surface area contributed by atoms with Gasteiger partial charge in [0.1, 0.15) is 6.04 Å². The van der Waals surface area contributed by atoms with Gasteiger partial charge in [-0.25, -0.2) is 5.43 Å². The van der Waals surface area contributed by atoms with Gasteiger partial charge in [-0.1, -0.05) is 66.8 Å². The summed E-state index contributed by atoms with van der Waals surface area (Å²) >= 11 is 17.8. The first-order valence-corrected chi connectivity index (χ1v) is 9.26. The van der Waals surface area contributed by atoms with Crippen LogP contribution in [0.25, 0.3) is 0 Å². The lowest BCUT2D eigenvalue weighted by Gasteiger charge is -2.20. The maximum absolute atomic E-state index is 12.4. The summed E-state index contributed by atoms with van der Waals surface area (Å²) in [6, 6.07) is 10.8. The third-order valence-electron chi connectivity index (χ3n) is 3.70. The summed E-state index contributed by atoms with van der Waals surface area (Å²) in [7, 11) is 0. The van der Waals surface area contributed by atoms with Crippen LogP contribution in [-0.4, -0.2) is 24.1 Å². The molecule has 0 spiro atoms. The summed E-state index contributed by atoms with van der Waals surface area (Å²) in [6.45, 7) is 3.63. The van der Waals surface area contributed by atoms with Crippen molar-refractivity contribution in [3.8, 4) is 0 Å². The van der Waals surface area contributed by atoms with Crippen molar-refractivity contribution < 1.29 is 9.59 Å². The molecular formula is C19H18Cl3N3O2. The number of carbonyl (C=O) groups is 2. The van der Waals surface area contributed by atoms with E-state index in [1.807, 2.05) is 19.9 Å². The van der Waals surface area contributed by atoms with Crippen molar-refractivity contribution >= 4 is 52.8 Å². The highest BCUT2D eigenvalue weighted by Gasteiger charge is 2.24. The maximum atomic E-state index is 12.4. The molecule has 1 unspecified atom stereocenters. The number of carbonyl (C=O) groups excluding carboxylic acids is 2. The summed E-state index contributed by atoms with van der Waals surface area (Å²) in [5, 5.41) is 7.73. The quantitative estimate of drug-likeness (QED) is 0.525. The maximum Gasteiger partial charge on any atom is 0.262 e. The molecule has 1 atom stereocenters. The number of amides is 2. The van der Waals surface area contributed by atoms with Gasteiger partial charge in [-0.3, -0.25) is 9.59 Å². The lowest BCUT2D eigenvalue weighted by atomic mass is 10.0. The average molecular weight is 427 g/mol. The molecule has 8 heteroatoms. The molecular weight excluding hydrogens is 409 g/mol. The predicted octanol–water partition coefficient (Wildman–Crippen LogP) is 4.55. The van der Waals surface area contributed by atoms with Gasteiger partial charge in [0, 0.05) is 16.1 Å². The van der Waals surface area contributed by atoms with E-state index in [2.05, 4.69) is 15.8 Å². The Hall–Kier alpha value is -2.08. The summed E-state index contributed by atoms with van der Waals surface area (Å²) in [5.41, 5.74) is 3.40. The van der Waals surface area contributed by atoms with Gasteiger partial charge >= 0.3 is 0 Å². The molecule has 0 saturated heterocycles. The van der Waals surface area contributed by atoms with Crippen molar-refractivity contribution in [2.45, 2.75) is 19.9 Å². The lowest BCUT2D eigenvalue weighted by Crippen LogP contribution is -2.48. The Bertz CT molecular complexity index is 869. The zero-order valence-electron chi connectivity index (χ0n) is 14.7. The highest BCUT2D eigenvalue weighted by molar-refractivity contribution is 6.42. The van der Waals surface area contributed by atoms with E-state index < -0.39 is 17.9 Å². The molecule has 2 amide bonds. The predicted molar refractivity (Wildman–Crippen MR) is 110 cm³/mol. The second-order valence-electron chi connectivity index (χ2n) is 6.08. The Morgan fingerprint density at radius 3 is 2.33 bits per heavy atom. The van der Waals surface area contributed by atoms with Gasteiger partial charge in [-0.2, -0.15) is 5.10 Å². The van der Waals surface area contributed by atoms with Crippen molar-refractivity contribution in [3.05, 3.63) is 68.7 Å². The molecule has 27 heavy (non-hydrogen) atoms. The fraction of sp³-hybridized carbons (Fsp3) is 0.211. The molecule has 0 fully saturated rings. The molecule has 0 heterocycles. The topological polar surface area (TPSA) is 70.6 Å². The summed E-state index contributed by atoms with van der Waals surface area (Å²) in [4.78, 5) is 24.8. The number of hydrogen-bond donors (Lipinski definition) is 2. The van der Waals surface area contributed by atoms with Gasteiger partial charge in [-0.15, -0.1) is 0 Å². The zero-order valence-corrected chi connectivity index (χ0v) is 16.9. The second-order valence-corrected chi connectivity index (χ2v) is 7.30. The van der Waals surface area contributed by atoms with Gasteiger partial charge < -0.3 is 5.32 Å². The SMILES string of the molecule is CC(C)C(NC(=O)c1ccc(Cl)c(Cl)c1)C(=O)NN=Cc1ccccc1Cl. The van der Waals surface area contributed by atoms with Crippen LogP contribution in [0.1, 0.15) is 29.8 Å². The number of rotatable bonds is 6. The van der Waals surface area contributed by atoms with E-state index in [-0.39, 0.29) is 10.9 Å². The first kappa shape index (κ1) is 21.2. The Kier molecular flexibility index (Phi) is 7.66. The Morgan fingerprint density at radius 2 is 1.70 bits per heavy atom. The van der Waals surface area contributed by atoms with Crippen LogP contribution in [0.5, 0.6) is 0 Å². The number of benzene rings is 2.